The van der Waals surface area contributed by atoms with Crippen LogP contribution in [-0.2, 0) is 25.4 Å². The molecule has 0 aliphatic heterocycles. The Balaban J connectivity index is 1.75. The maximum atomic E-state index is 4.67. The van der Waals surface area contributed by atoms with Crippen molar-refractivity contribution in [2.75, 3.05) is 6.54 Å². The topological polar surface area (TPSA) is 42.7 Å². The Kier molecular flexibility index (Phi) is 4.37. The lowest BCUT2D eigenvalue weighted by atomic mass is 9.98. The molecule has 2 aromatic rings. The smallest absolute Gasteiger partial charge is 0.0982 e. The minimum atomic E-state index is 0.151. The second kappa shape index (κ2) is 5.84. The summed E-state index contributed by atoms with van der Waals surface area (Å²) >= 11 is 1.75. The highest BCUT2D eigenvalue weighted by molar-refractivity contribution is 7.09. The van der Waals surface area contributed by atoms with Crippen molar-refractivity contribution in [3.63, 3.8) is 0 Å². The Morgan fingerprint density at radius 3 is 2.74 bits per heavy atom. The fraction of sp³-hybridized carbons (Fsp3) is 0.571. The third-order valence-electron chi connectivity index (χ3n) is 2.85. The van der Waals surface area contributed by atoms with Gasteiger partial charge >= 0.3 is 0 Å². The maximum Gasteiger partial charge on any atom is 0.0982 e. The molecular weight excluding hydrogens is 256 g/mol. The van der Waals surface area contributed by atoms with Gasteiger partial charge < -0.3 is 5.32 Å². The molecule has 0 saturated carbocycles. The number of thiazole rings is 1. The highest BCUT2D eigenvalue weighted by atomic mass is 32.1. The lowest BCUT2D eigenvalue weighted by Crippen LogP contribution is -2.17. The van der Waals surface area contributed by atoms with Gasteiger partial charge in [-0.15, -0.1) is 11.3 Å². The van der Waals surface area contributed by atoms with Gasteiger partial charge in [0.25, 0.3) is 0 Å². The van der Waals surface area contributed by atoms with E-state index < -0.39 is 0 Å². The molecule has 104 valence electrons. The summed E-state index contributed by atoms with van der Waals surface area (Å²) in [5.74, 6) is 0. The van der Waals surface area contributed by atoms with Crippen LogP contribution in [-0.4, -0.2) is 21.3 Å². The summed E-state index contributed by atoms with van der Waals surface area (Å²) in [4.78, 5) is 4.67. The van der Waals surface area contributed by atoms with E-state index in [-0.39, 0.29) is 5.41 Å². The number of hydrogen-bond donors (Lipinski definition) is 1. The second-order valence-corrected chi connectivity index (χ2v) is 6.70. The van der Waals surface area contributed by atoms with Gasteiger partial charge in [0.05, 0.1) is 16.9 Å². The third-order valence-corrected chi connectivity index (χ3v) is 4.17. The summed E-state index contributed by atoms with van der Waals surface area (Å²) in [6, 6.07) is 0. The van der Waals surface area contributed by atoms with Crippen LogP contribution < -0.4 is 5.32 Å². The molecule has 0 spiro atoms. The molecule has 4 nitrogen and oxygen atoms in total. The van der Waals surface area contributed by atoms with Gasteiger partial charge in [0.15, 0.2) is 0 Å². The van der Waals surface area contributed by atoms with Crippen molar-refractivity contribution in [2.24, 2.45) is 7.05 Å². The fourth-order valence-corrected chi connectivity index (χ4v) is 2.69. The van der Waals surface area contributed by atoms with Crippen molar-refractivity contribution in [1.29, 1.82) is 0 Å². The van der Waals surface area contributed by atoms with Crippen LogP contribution in [0, 0.1) is 0 Å². The molecule has 2 rings (SSSR count). The minimum Gasteiger partial charge on any atom is -0.311 e. The SMILES string of the molecule is Cn1cc(CCNCc2csc(C(C)(C)C)n2)cn1. The number of hydrogen-bond acceptors (Lipinski definition) is 4. The lowest BCUT2D eigenvalue weighted by molar-refractivity contribution is 0.579. The summed E-state index contributed by atoms with van der Waals surface area (Å²) in [7, 11) is 1.94. The monoisotopic (exact) mass is 278 g/mol. The number of aromatic nitrogens is 3. The van der Waals surface area contributed by atoms with Crippen LogP contribution in [0.25, 0.3) is 0 Å². The minimum absolute atomic E-state index is 0.151. The van der Waals surface area contributed by atoms with Crippen molar-refractivity contribution in [3.8, 4) is 0 Å². The normalized spacial score (nSPS) is 12.0. The number of aryl methyl sites for hydroxylation is 1. The molecule has 0 aliphatic rings. The largest absolute Gasteiger partial charge is 0.311 e. The summed E-state index contributed by atoms with van der Waals surface area (Å²) in [6.45, 7) is 8.39. The molecule has 0 aliphatic carbocycles. The van der Waals surface area contributed by atoms with E-state index in [0.29, 0.717) is 0 Å². The highest BCUT2D eigenvalue weighted by Gasteiger charge is 2.17. The van der Waals surface area contributed by atoms with Crippen LogP contribution in [0.4, 0.5) is 0 Å². The van der Waals surface area contributed by atoms with Gasteiger partial charge in [-0.1, -0.05) is 20.8 Å². The van der Waals surface area contributed by atoms with Gasteiger partial charge in [0.2, 0.25) is 0 Å². The van der Waals surface area contributed by atoms with E-state index in [4.69, 9.17) is 0 Å². The summed E-state index contributed by atoms with van der Waals surface area (Å²) < 4.78 is 1.84. The lowest BCUT2D eigenvalue weighted by Gasteiger charge is -2.13. The zero-order valence-electron chi connectivity index (χ0n) is 12.1. The first kappa shape index (κ1) is 14.2. The van der Waals surface area contributed by atoms with Crippen LogP contribution in [0.15, 0.2) is 17.8 Å². The van der Waals surface area contributed by atoms with E-state index >= 15 is 0 Å². The van der Waals surface area contributed by atoms with Gasteiger partial charge in [-0.05, 0) is 18.5 Å². The summed E-state index contributed by atoms with van der Waals surface area (Å²) in [5.41, 5.74) is 2.56. The molecule has 0 fully saturated rings. The summed E-state index contributed by atoms with van der Waals surface area (Å²) in [5, 5.41) is 10.9. The zero-order chi connectivity index (χ0) is 13.9. The molecular formula is C14H22N4S. The average Bonchev–Trinajstić information content (AvgIpc) is 2.93. The van der Waals surface area contributed by atoms with Gasteiger partial charge in [0.1, 0.15) is 0 Å². The van der Waals surface area contributed by atoms with Crippen LogP contribution >= 0.6 is 11.3 Å². The van der Waals surface area contributed by atoms with Crippen molar-refractivity contribution in [1.82, 2.24) is 20.1 Å². The predicted octanol–water partition coefficient (Wildman–Crippen LogP) is 2.51. The molecule has 0 radical (unpaired) electrons. The van der Waals surface area contributed by atoms with Gasteiger partial charge in [-0.25, -0.2) is 4.98 Å². The van der Waals surface area contributed by atoms with Crippen LogP contribution in [0.1, 0.15) is 37.0 Å². The first-order valence-electron chi connectivity index (χ1n) is 6.58. The molecule has 0 saturated heterocycles. The number of nitrogens with zero attached hydrogens (tertiary/aromatic N) is 3. The molecule has 0 unspecified atom stereocenters. The Morgan fingerprint density at radius 2 is 2.16 bits per heavy atom. The van der Waals surface area contributed by atoms with E-state index in [1.165, 1.54) is 10.6 Å². The standard InChI is InChI=1S/C14H22N4S/c1-14(2,3)13-17-12(10-19-13)8-15-6-5-11-7-16-18(4)9-11/h7,9-10,15H,5-6,8H2,1-4H3. The Morgan fingerprint density at radius 1 is 1.37 bits per heavy atom. The van der Waals surface area contributed by atoms with E-state index in [0.717, 1.165) is 25.2 Å². The van der Waals surface area contributed by atoms with Gasteiger partial charge in [-0.3, -0.25) is 4.68 Å². The van der Waals surface area contributed by atoms with Crippen molar-refractivity contribution in [3.05, 3.63) is 34.0 Å². The van der Waals surface area contributed by atoms with Crippen LogP contribution in [0.3, 0.4) is 0 Å². The Hall–Kier alpha value is -1.20. The second-order valence-electron chi connectivity index (χ2n) is 5.84. The van der Waals surface area contributed by atoms with Gasteiger partial charge in [0, 0.05) is 30.6 Å². The highest BCUT2D eigenvalue weighted by Crippen LogP contribution is 2.25. The number of rotatable bonds is 5. The molecule has 19 heavy (non-hydrogen) atoms. The Labute approximate surface area is 118 Å². The molecule has 1 N–H and O–H groups in total. The molecule has 0 atom stereocenters. The zero-order valence-corrected chi connectivity index (χ0v) is 12.9. The molecule has 0 amide bonds. The molecule has 0 bridgehead atoms. The maximum absolute atomic E-state index is 4.67. The average molecular weight is 278 g/mol. The van der Waals surface area contributed by atoms with E-state index in [1.54, 1.807) is 11.3 Å². The quantitative estimate of drug-likeness (QED) is 0.855. The Bertz CT molecular complexity index is 522. The molecule has 2 aromatic heterocycles. The van der Waals surface area contributed by atoms with Crippen molar-refractivity contribution in [2.45, 2.75) is 39.2 Å². The van der Waals surface area contributed by atoms with E-state index in [2.05, 4.69) is 47.7 Å². The number of nitrogens with one attached hydrogen (secondary N) is 1. The predicted molar refractivity (Wildman–Crippen MR) is 79.4 cm³/mol. The van der Waals surface area contributed by atoms with E-state index in [9.17, 15) is 0 Å². The van der Waals surface area contributed by atoms with Crippen molar-refractivity contribution < 1.29 is 0 Å². The fourth-order valence-electron chi connectivity index (χ4n) is 1.78. The van der Waals surface area contributed by atoms with Crippen molar-refractivity contribution >= 4 is 11.3 Å². The molecule has 0 aromatic carbocycles. The first-order valence-corrected chi connectivity index (χ1v) is 7.46. The van der Waals surface area contributed by atoms with Crippen LogP contribution in [0.2, 0.25) is 0 Å². The van der Waals surface area contributed by atoms with Gasteiger partial charge in [-0.2, -0.15) is 5.10 Å². The third kappa shape index (κ3) is 4.14. The molecule has 5 heteroatoms. The summed E-state index contributed by atoms with van der Waals surface area (Å²) in [6.07, 6.45) is 4.98. The molecule has 2 heterocycles. The van der Waals surface area contributed by atoms with Crippen LogP contribution in [0.5, 0.6) is 0 Å². The first-order chi connectivity index (χ1) is 8.95. The van der Waals surface area contributed by atoms with E-state index in [1.807, 2.05) is 17.9 Å².